The number of halogens is 1. The number of benzene rings is 1. The third kappa shape index (κ3) is 3.02. The van der Waals surface area contributed by atoms with Gasteiger partial charge in [0.1, 0.15) is 17.5 Å². The molecule has 0 radical (unpaired) electrons. The Labute approximate surface area is 113 Å². The average Bonchev–Trinajstić information content (AvgIpc) is 2.30. The maximum Gasteiger partial charge on any atom is 0.138 e. The van der Waals surface area contributed by atoms with Gasteiger partial charge in [-0.15, -0.1) is 0 Å². The fraction of sp³-hybridized carbons (Fsp3) is 0.267. The van der Waals surface area contributed by atoms with Crippen molar-refractivity contribution < 1.29 is 4.74 Å². The van der Waals surface area contributed by atoms with Gasteiger partial charge in [0, 0.05) is 0 Å². The number of pyridine rings is 1. The summed E-state index contributed by atoms with van der Waals surface area (Å²) >= 11 is 5.73. The van der Waals surface area contributed by atoms with Crippen molar-refractivity contribution in [1.82, 2.24) is 4.98 Å². The number of hydrogen-bond acceptors (Lipinski definition) is 2. The Hall–Kier alpha value is -1.54. The van der Waals surface area contributed by atoms with E-state index in [4.69, 9.17) is 16.3 Å². The molecule has 1 heterocycles. The minimum Gasteiger partial charge on any atom is -0.487 e. The van der Waals surface area contributed by atoms with E-state index in [2.05, 4.69) is 37.9 Å². The van der Waals surface area contributed by atoms with Crippen LogP contribution in [0.15, 0.2) is 30.5 Å². The lowest BCUT2D eigenvalue weighted by Crippen LogP contribution is -2.01. The van der Waals surface area contributed by atoms with Gasteiger partial charge in [-0.05, 0) is 49.6 Å². The molecule has 0 amide bonds. The van der Waals surface area contributed by atoms with Crippen molar-refractivity contribution in [2.24, 2.45) is 0 Å². The Balaban J connectivity index is 2.13. The standard InChI is InChI=1S/C15H16ClNO/c1-10-6-11(2)14(12(3)7-10)9-18-13-4-5-15(16)17-8-13/h4-8H,9H2,1-3H3. The van der Waals surface area contributed by atoms with Crippen LogP contribution in [0.25, 0.3) is 0 Å². The maximum atomic E-state index is 5.73. The summed E-state index contributed by atoms with van der Waals surface area (Å²) in [6.07, 6.45) is 1.64. The summed E-state index contributed by atoms with van der Waals surface area (Å²) in [5.41, 5.74) is 5.03. The van der Waals surface area contributed by atoms with E-state index in [-0.39, 0.29) is 0 Å². The quantitative estimate of drug-likeness (QED) is 0.771. The van der Waals surface area contributed by atoms with E-state index in [1.54, 1.807) is 12.3 Å². The van der Waals surface area contributed by atoms with Gasteiger partial charge in [-0.1, -0.05) is 29.3 Å². The Morgan fingerprint density at radius 2 is 1.78 bits per heavy atom. The van der Waals surface area contributed by atoms with Crippen LogP contribution in [0.2, 0.25) is 5.15 Å². The van der Waals surface area contributed by atoms with Gasteiger partial charge < -0.3 is 4.74 Å². The van der Waals surface area contributed by atoms with Crippen LogP contribution in [0.4, 0.5) is 0 Å². The molecule has 18 heavy (non-hydrogen) atoms. The molecule has 2 aromatic rings. The largest absolute Gasteiger partial charge is 0.487 e. The predicted octanol–water partition coefficient (Wildman–Crippen LogP) is 4.24. The number of rotatable bonds is 3. The molecule has 0 saturated heterocycles. The zero-order chi connectivity index (χ0) is 13.1. The van der Waals surface area contributed by atoms with Crippen LogP contribution in [0.1, 0.15) is 22.3 Å². The first-order chi connectivity index (χ1) is 8.56. The van der Waals surface area contributed by atoms with Gasteiger partial charge in [0.15, 0.2) is 0 Å². The fourth-order valence-electron chi connectivity index (χ4n) is 2.04. The normalized spacial score (nSPS) is 10.4. The molecule has 2 rings (SSSR count). The van der Waals surface area contributed by atoms with Crippen LogP contribution >= 0.6 is 11.6 Å². The Morgan fingerprint density at radius 1 is 1.11 bits per heavy atom. The third-order valence-corrected chi connectivity index (χ3v) is 3.15. The van der Waals surface area contributed by atoms with Crippen molar-refractivity contribution >= 4 is 11.6 Å². The van der Waals surface area contributed by atoms with Crippen LogP contribution in [-0.4, -0.2) is 4.98 Å². The molecule has 0 spiro atoms. The molecule has 3 heteroatoms. The van der Waals surface area contributed by atoms with Crippen molar-refractivity contribution in [1.29, 1.82) is 0 Å². The molecule has 0 aliphatic rings. The highest BCUT2D eigenvalue weighted by Gasteiger charge is 2.05. The Morgan fingerprint density at radius 3 is 2.33 bits per heavy atom. The first-order valence-corrected chi connectivity index (χ1v) is 6.25. The second kappa shape index (κ2) is 5.40. The fourth-order valence-corrected chi connectivity index (χ4v) is 2.15. The third-order valence-electron chi connectivity index (χ3n) is 2.92. The molecular weight excluding hydrogens is 246 g/mol. The van der Waals surface area contributed by atoms with Crippen molar-refractivity contribution in [3.8, 4) is 5.75 Å². The van der Waals surface area contributed by atoms with Gasteiger partial charge in [-0.25, -0.2) is 4.98 Å². The zero-order valence-corrected chi connectivity index (χ0v) is 11.6. The minimum atomic E-state index is 0.477. The van der Waals surface area contributed by atoms with E-state index >= 15 is 0 Å². The number of ether oxygens (including phenoxy) is 1. The van der Waals surface area contributed by atoms with Crippen LogP contribution in [0, 0.1) is 20.8 Å². The van der Waals surface area contributed by atoms with E-state index in [0.717, 1.165) is 5.75 Å². The minimum absolute atomic E-state index is 0.477. The molecular formula is C15H16ClNO. The van der Waals surface area contributed by atoms with Gasteiger partial charge in [0.05, 0.1) is 6.20 Å². The topological polar surface area (TPSA) is 22.1 Å². The summed E-state index contributed by atoms with van der Waals surface area (Å²) in [6, 6.07) is 7.90. The smallest absolute Gasteiger partial charge is 0.138 e. The Kier molecular flexibility index (Phi) is 3.87. The van der Waals surface area contributed by atoms with Crippen molar-refractivity contribution in [3.05, 3.63) is 57.9 Å². The lowest BCUT2D eigenvalue weighted by Gasteiger charge is -2.12. The highest BCUT2D eigenvalue weighted by Crippen LogP contribution is 2.19. The first kappa shape index (κ1) is 12.9. The van der Waals surface area contributed by atoms with Gasteiger partial charge >= 0.3 is 0 Å². The van der Waals surface area contributed by atoms with E-state index in [1.807, 2.05) is 6.07 Å². The summed E-state index contributed by atoms with van der Waals surface area (Å²) in [4.78, 5) is 3.99. The summed E-state index contributed by atoms with van der Waals surface area (Å²) < 4.78 is 5.73. The molecule has 1 aromatic heterocycles. The number of nitrogens with zero attached hydrogens (tertiary/aromatic N) is 1. The summed E-state index contributed by atoms with van der Waals surface area (Å²) in [5.74, 6) is 0.735. The van der Waals surface area contributed by atoms with E-state index in [9.17, 15) is 0 Å². The molecule has 0 fully saturated rings. The molecule has 0 aliphatic carbocycles. The summed E-state index contributed by atoms with van der Waals surface area (Å²) in [5, 5.41) is 0.477. The number of aromatic nitrogens is 1. The van der Waals surface area contributed by atoms with Crippen LogP contribution < -0.4 is 4.74 Å². The van der Waals surface area contributed by atoms with Crippen LogP contribution in [0.3, 0.4) is 0 Å². The molecule has 0 atom stereocenters. The van der Waals surface area contributed by atoms with E-state index in [0.29, 0.717) is 11.8 Å². The van der Waals surface area contributed by atoms with Crippen LogP contribution in [0.5, 0.6) is 5.75 Å². The molecule has 2 nitrogen and oxygen atoms in total. The summed E-state index contributed by atoms with van der Waals surface area (Å²) in [7, 11) is 0. The van der Waals surface area contributed by atoms with Gasteiger partial charge in [0.25, 0.3) is 0 Å². The predicted molar refractivity (Wildman–Crippen MR) is 74.2 cm³/mol. The number of aryl methyl sites for hydroxylation is 3. The van der Waals surface area contributed by atoms with Gasteiger partial charge in [0.2, 0.25) is 0 Å². The van der Waals surface area contributed by atoms with E-state index < -0.39 is 0 Å². The highest BCUT2D eigenvalue weighted by molar-refractivity contribution is 6.29. The first-order valence-electron chi connectivity index (χ1n) is 5.87. The SMILES string of the molecule is Cc1cc(C)c(COc2ccc(Cl)nc2)c(C)c1. The average molecular weight is 262 g/mol. The molecule has 0 saturated carbocycles. The highest BCUT2D eigenvalue weighted by atomic mass is 35.5. The van der Waals surface area contributed by atoms with Crippen molar-refractivity contribution in [2.75, 3.05) is 0 Å². The molecule has 0 unspecified atom stereocenters. The molecule has 0 N–H and O–H groups in total. The zero-order valence-electron chi connectivity index (χ0n) is 10.8. The second-order valence-electron chi connectivity index (χ2n) is 4.48. The van der Waals surface area contributed by atoms with Crippen molar-refractivity contribution in [2.45, 2.75) is 27.4 Å². The van der Waals surface area contributed by atoms with Crippen molar-refractivity contribution in [3.63, 3.8) is 0 Å². The molecule has 0 bridgehead atoms. The van der Waals surface area contributed by atoms with E-state index in [1.165, 1.54) is 22.3 Å². The molecule has 1 aromatic carbocycles. The number of hydrogen-bond donors (Lipinski definition) is 0. The lowest BCUT2D eigenvalue weighted by molar-refractivity contribution is 0.303. The van der Waals surface area contributed by atoms with Gasteiger partial charge in [-0.3, -0.25) is 0 Å². The second-order valence-corrected chi connectivity index (χ2v) is 4.87. The molecule has 0 aliphatic heterocycles. The molecule has 94 valence electrons. The van der Waals surface area contributed by atoms with Crippen LogP contribution in [-0.2, 0) is 6.61 Å². The lowest BCUT2D eigenvalue weighted by atomic mass is 10.0. The Bertz CT molecular complexity index is 526. The monoisotopic (exact) mass is 261 g/mol. The summed E-state index contributed by atoms with van der Waals surface area (Å²) in [6.45, 7) is 6.88. The van der Waals surface area contributed by atoms with Gasteiger partial charge in [-0.2, -0.15) is 0 Å². The maximum absolute atomic E-state index is 5.73.